The van der Waals surface area contributed by atoms with Gasteiger partial charge in [-0.1, -0.05) is 60.8 Å². The number of primary amides is 1. The zero-order chi connectivity index (χ0) is 39.9. The number of nitrogens with zero attached hydrogens (tertiary/aromatic N) is 5. The number of piperazine rings is 1. The average molecular weight is 822 g/mol. The van der Waals surface area contributed by atoms with E-state index in [1.54, 1.807) is 24.8 Å². The van der Waals surface area contributed by atoms with Crippen molar-refractivity contribution in [3.63, 3.8) is 0 Å². The van der Waals surface area contributed by atoms with E-state index in [9.17, 15) is 8.42 Å². The second-order valence-electron chi connectivity index (χ2n) is 14.4. The summed E-state index contributed by atoms with van der Waals surface area (Å²) in [5, 5.41) is 1.45. The highest BCUT2D eigenvalue weighted by atomic mass is 35.5. The number of halogens is 2. The third-order valence-corrected chi connectivity index (χ3v) is 12.1. The summed E-state index contributed by atoms with van der Waals surface area (Å²) in [6, 6.07) is 21.2. The molecule has 0 bridgehead atoms. The normalized spacial score (nSPS) is 16.0. The number of amides is 1. The third kappa shape index (κ3) is 9.82. The molecule has 4 heterocycles. The fraction of sp³-hybridized carbons (Fsp3) is 0.341. The van der Waals surface area contributed by atoms with Crippen LogP contribution in [0.5, 0.6) is 17.4 Å². The van der Waals surface area contributed by atoms with E-state index in [1.807, 2.05) is 30.3 Å². The predicted molar refractivity (Wildman–Crippen MR) is 220 cm³/mol. The van der Waals surface area contributed by atoms with Crippen LogP contribution in [0.2, 0.25) is 10.0 Å². The van der Waals surface area contributed by atoms with E-state index >= 15 is 0 Å². The predicted octanol–water partition coefficient (Wildman–Crippen LogP) is 7.68. The van der Waals surface area contributed by atoms with Gasteiger partial charge in [0.25, 0.3) is 10.0 Å². The van der Waals surface area contributed by atoms with Crippen LogP contribution in [0.1, 0.15) is 38.7 Å². The van der Waals surface area contributed by atoms with Gasteiger partial charge >= 0.3 is 0 Å². The summed E-state index contributed by atoms with van der Waals surface area (Å²) in [6.07, 6.45) is 7.85. The van der Waals surface area contributed by atoms with Crippen LogP contribution in [0.15, 0.2) is 95.8 Å². The Bertz CT molecular complexity index is 2290. The van der Waals surface area contributed by atoms with Crippen LogP contribution in [0.4, 0.5) is 5.69 Å². The Kier molecular flexibility index (Phi) is 13.2. The third-order valence-electron chi connectivity index (χ3n) is 9.92. The Balaban J connectivity index is 0.00000172. The van der Waals surface area contributed by atoms with Crippen molar-refractivity contribution in [1.29, 1.82) is 0 Å². The van der Waals surface area contributed by atoms with Crippen LogP contribution in [0.3, 0.4) is 0 Å². The summed E-state index contributed by atoms with van der Waals surface area (Å²) in [4.78, 5) is 22.0. The van der Waals surface area contributed by atoms with Gasteiger partial charge in [0, 0.05) is 68.2 Å². The molecule has 1 saturated heterocycles. The molecule has 56 heavy (non-hydrogen) atoms. The van der Waals surface area contributed by atoms with Gasteiger partial charge < -0.3 is 24.8 Å². The summed E-state index contributed by atoms with van der Waals surface area (Å²) >= 11 is 12.5. The number of ether oxygens (including phenoxy) is 3. The lowest BCUT2D eigenvalue weighted by molar-refractivity contribution is -0.106. The molecule has 12 nitrogen and oxygen atoms in total. The molecule has 1 amide bonds. The highest BCUT2D eigenvalue weighted by molar-refractivity contribution is 7.90. The largest absolute Gasteiger partial charge is 0.474 e. The monoisotopic (exact) mass is 820 g/mol. The van der Waals surface area contributed by atoms with Crippen molar-refractivity contribution in [1.82, 2.24) is 18.8 Å². The van der Waals surface area contributed by atoms with Crippen molar-refractivity contribution in [2.45, 2.75) is 38.0 Å². The van der Waals surface area contributed by atoms with Crippen molar-refractivity contribution in [2.75, 3.05) is 57.9 Å². The van der Waals surface area contributed by atoms with Gasteiger partial charge in [-0.05, 0) is 78.3 Å². The lowest BCUT2D eigenvalue weighted by Gasteiger charge is -2.39. The molecule has 1 aliphatic carbocycles. The van der Waals surface area contributed by atoms with Crippen LogP contribution in [-0.4, -0.2) is 86.7 Å². The van der Waals surface area contributed by atoms with Gasteiger partial charge in [0.15, 0.2) is 5.65 Å². The first-order valence-electron chi connectivity index (χ1n) is 18.3. The molecule has 0 unspecified atom stereocenters. The van der Waals surface area contributed by atoms with Crippen molar-refractivity contribution < 1.29 is 27.4 Å². The fourth-order valence-electron chi connectivity index (χ4n) is 7.00. The first-order chi connectivity index (χ1) is 26.9. The van der Waals surface area contributed by atoms with Gasteiger partial charge in [0.2, 0.25) is 12.3 Å². The number of benzene rings is 2. The number of carbonyl (C=O) groups excluding carboxylic acids is 1. The molecule has 1 fully saturated rings. The second-order valence-corrected chi connectivity index (χ2v) is 17.1. The first-order valence-corrected chi connectivity index (χ1v) is 20.5. The van der Waals surface area contributed by atoms with Gasteiger partial charge in [0.1, 0.15) is 28.0 Å². The molecular formula is C41H46Cl2N6O6S. The summed E-state index contributed by atoms with van der Waals surface area (Å²) in [5.41, 5.74) is 10.1. The van der Waals surface area contributed by atoms with Gasteiger partial charge in [0.05, 0.1) is 19.0 Å². The molecule has 2 aliphatic rings. The highest BCUT2D eigenvalue weighted by Crippen LogP contribution is 2.43. The molecule has 2 aromatic carbocycles. The van der Waals surface area contributed by atoms with E-state index < -0.39 is 10.0 Å². The topological polar surface area (TPSA) is 142 Å². The van der Waals surface area contributed by atoms with Gasteiger partial charge in [-0.25, -0.2) is 22.4 Å². The van der Waals surface area contributed by atoms with Crippen molar-refractivity contribution in [3.05, 3.63) is 107 Å². The summed E-state index contributed by atoms with van der Waals surface area (Å²) < 4.78 is 44.9. The van der Waals surface area contributed by atoms with E-state index in [2.05, 4.69) is 57.5 Å². The number of pyridine rings is 2. The molecule has 7 rings (SSSR count). The van der Waals surface area contributed by atoms with E-state index in [1.165, 1.54) is 42.2 Å². The maximum atomic E-state index is 13.5. The van der Waals surface area contributed by atoms with Crippen molar-refractivity contribution in [2.24, 2.45) is 11.1 Å². The molecule has 0 saturated carbocycles. The number of carbonyl (C=O) groups is 1. The number of aromatic nitrogens is 3. The zero-order valence-electron chi connectivity index (χ0n) is 31.7. The number of fused-ring (bicyclic) bond motifs is 1. The minimum Gasteiger partial charge on any atom is -0.474 e. The molecule has 0 atom stereocenters. The number of anilines is 1. The molecule has 0 radical (unpaired) electrons. The molecule has 5 aromatic rings. The molecule has 0 spiro atoms. The number of hydrogen-bond donors (Lipinski definition) is 1. The SMILES string of the molecule is COCCOc1ncc(S(=O)(=O)n2ccc3cc(Oc4cccc(N5CCN(CC6=C(c7ccc(Cl)cc7)CC(C)(C)CC6)CC5)c4)cnc32)cc1Cl.NC=O. The van der Waals surface area contributed by atoms with Crippen LogP contribution >= 0.6 is 23.2 Å². The maximum absolute atomic E-state index is 13.5. The lowest BCUT2D eigenvalue weighted by atomic mass is 9.72. The minimum absolute atomic E-state index is 0.0801. The molecular weight excluding hydrogens is 775 g/mol. The molecule has 296 valence electrons. The Morgan fingerprint density at radius 2 is 1.68 bits per heavy atom. The van der Waals surface area contributed by atoms with E-state index in [0.29, 0.717) is 28.9 Å². The van der Waals surface area contributed by atoms with Gasteiger partial charge in [-0.3, -0.25) is 9.69 Å². The number of hydrogen-bond acceptors (Lipinski definition) is 10. The summed E-state index contributed by atoms with van der Waals surface area (Å²) in [7, 11) is -2.49. The highest BCUT2D eigenvalue weighted by Gasteiger charge is 2.29. The van der Waals surface area contributed by atoms with E-state index in [-0.39, 0.29) is 34.5 Å². The van der Waals surface area contributed by atoms with Crippen molar-refractivity contribution >= 4 is 61.9 Å². The Hall–Kier alpha value is -4.66. The summed E-state index contributed by atoms with van der Waals surface area (Å²) in [6.45, 7) is 10.1. The number of rotatable bonds is 12. The molecule has 3 aromatic heterocycles. The van der Waals surface area contributed by atoms with E-state index in [4.69, 9.17) is 42.2 Å². The number of allylic oxidation sites excluding steroid dienone is 1. The smallest absolute Gasteiger partial charge is 0.270 e. The Morgan fingerprint density at radius 3 is 2.39 bits per heavy atom. The number of nitrogens with two attached hydrogens (primary N) is 1. The number of methoxy groups -OCH3 is 1. The molecule has 1 aliphatic heterocycles. The molecule has 2 N–H and O–H groups in total. The van der Waals surface area contributed by atoms with Crippen molar-refractivity contribution in [3.8, 4) is 17.4 Å². The van der Waals surface area contributed by atoms with Crippen LogP contribution in [-0.2, 0) is 19.6 Å². The maximum Gasteiger partial charge on any atom is 0.270 e. The van der Waals surface area contributed by atoms with Gasteiger partial charge in [-0.2, -0.15) is 0 Å². The Labute approximate surface area is 337 Å². The standard InChI is InChI=1S/C40H43Cl2N5O5S.CH3NO/c1-40(2)13-11-30(36(24-40)28-7-9-31(41)10-8-28)27-45-15-17-46(18-16-45)32-5-4-6-33(22-32)52-34-21-29-12-14-47(38(29)43-25-34)53(48,49)35-23-37(42)39(44-26-35)51-20-19-50-3;2-1-3/h4-10,12,14,21-23,25-26H,11,13,15-20,24,27H2,1-3H3;1H,(H2,2,3). The lowest BCUT2D eigenvalue weighted by Crippen LogP contribution is -2.47. The minimum atomic E-state index is -4.04. The quantitative estimate of drug-likeness (QED) is 0.0984. The van der Waals surface area contributed by atoms with E-state index in [0.717, 1.165) is 60.2 Å². The Morgan fingerprint density at radius 1 is 0.929 bits per heavy atom. The zero-order valence-corrected chi connectivity index (χ0v) is 34.0. The van der Waals surface area contributed by atoms with Gasteiger partial charge in [-0.15, -0.1) is 0 Å². The second kappa shape index (κ2) is 18.1. The van der Waals surface area contributed by atoms with Crippen LogP contribution in [0.25, 0.3) is 16.6 Å². The fourth-order valence-corrected chi connectivity index (χ4v) is 8.69. The van der Waals surface area contributed by atoms with Crippen LogP contribution in [0, 0.1) is 5.41 Å². The first kappa shape index (κ1) is 41.0. The van der Waals surface area contributed by atoms with Crippen LogP contribution < -0.4 is 20.1 Å². The average Bonchev–Trinajstić information content (AvgIpc) is 3.62. The summed E-state index contributed by atoms with van der Waals surface area (Å²) in [5.74, 6) is 1.30. The molecule has 15 heteroatoms.